The van der Waals surface area contributed by atoms with Crippen LogP contribution in [0.4, 0.5) is 0 Å². The molecule has 1 unspecified atom stereocenters. The lowest BCUT2D eigenvalue weighted by Gasteiger charge is -2.38. The second kappa shape index (κ2) is 4.18. The van der Waals surface area contributed by atoms with Crippen molar-refractivity contribution in [3.05, 3.63) is 23.9 Å². The predicted octanol–water partition coefficient (Wildman–Crippen LogP) is 2.78. The minimum Gasteiger partial charge on any atom is -0.360 e. The summed E-state index contributed by atoms with van der Waals surface area (Å²) in [5.74, 6) is 0.630. The van der Waals surface area contributed by atoms with Gasteiger partial charge in [0, 0.05) is 19.9 Å². The van der Waals surface area contributed by atoms with Crippen molar-refractivity contribution in [1.29, 1.82) is 0 Å². The molecule has 0 aromatic carbocycles. The molecule has 0 saturated heterocycles. The Hall–Kier alpha value is -0.760. The average molecular weight is 195 g/mol. The van der Waals surface area contributed by atoms with Crippen molar-refractivity contribution in [2.24, 2.45) is 5.92 Å². The van der Waals surface area contributed by atoms with E-state index in [4.69, 9.17) is 4.74 Å². The van der Waals surface area contributed by atoms with Crippen LogP contribution >= 0.6 is 0 Å². The largest absolute Gasteiger partial charge is 0.360 e. The minimum absolute atomic E-state index is 0.225. The summed E-state index contributed by atoms with van der Waals surface area (Å²) < 4.78 is 5.45. The van der Waals surface area contributed by atoms with Gasteiger partial charge in [0.2, 0.25) is 0 Å². The van der Waals surface area contributed by atoms with Crippen molar-refractivity contribution < 1.29 is 4.74 Å². The molecular weight excluding hydrogens is 174 g/mol. The Bertz CT molecular complexity index is 253. The average Bonchev–Trinajstić information content (AvgIpc) is 2.16. The van der Waals surface area contributed by atoms with Crippen molar-refractivity contribution in [1.82, 2.24) is 4.90 Å². The SMILES string of the molecule is COC(C)(C)N(C)C1=CC=CC(C)C1. The van der Waals surface area contributed by atoms with E-state index in [1.54, 1.807) is 7.11 Å². The number of methoxy groups -OCH3 is 1. The smallest absolute Gasteiger partial charge is 0.134 e. The minimum atomic E-state index is -0.225. The van der Waals surface area contributed by atoms with Crippen LogP contribution in [0.25, 0.3) is 0 Å². The molecule has 0 amide bonds. The molecule has 1 atom stereocenters. The number of ether oxygens (including phenoxy) is 1. The highest BCUT2D eigenvalue weighted by Crippen LogP contribution is 2.26. The summed E-state index contributed by atoms with van der Waals surface area (Å²) >= 11 is 0. The molecular formula is C12H21NO. The van der Waals surface area contributed by atoms with E-state index in [1.165, 1.54) is 5.70 Å². The fourth-order valence-corrected chi connectivity index (χ4v) is 1.55. The first-order valence-electron chi connectivity index (χ1n) is 5.13. The third-order valence-corrected chi connectivity index (χ3v) is 3.00. The van der Waals surface area contributed by atoms with Crippen LogP contribution in [-0.2, 0) is 4.74 Å². The summed E-state index contributed by atoms with van der Waals surface area (Å²) in [5, 5.41) is 0. The van der Waals surface area contributed by atoms with Crippen LogP contribution < -0.4 is 0 Å². The molecule has 0 bridgehead atoms. The first kappa shape index (κ1) is 11.3. The lowest BCUT2D eigenvalue weighted by Crippen LogP contribution is -2.42. The van der Waals surface area contributed by atoms with Crippen molar-refractivity contribution in [2.75, 3.05) is 14.2 Å². The van der Waals surface area contributed by atoms with Gasteiger partial charge in [0.25, 0.3) is 0 Å². The van der Waals surface area contributed by atoms with Gasteiger partial charge < -0.3 is 9.64 Å². The molecule has 0 N–H and O–H groups in total. The topological polar surface area (TPSA) is 12.5 Å². The number of hydrogen-bond acceptors (Lipinski definition) is 2. The molecule has 0 heterocycles. The normalized spacial score (nSPS) is 22.1. The molecule has 1 rings (SSSR count). The first-order chi connectivity index (χ1) is 6.47. The second-order valence-corrected chi connectivity index (χ2v) is 4.43. The van der Waals surface area contributed by atoms with Gasteiger partial charge in [-0.25, -0.2) is 0 Å². The molecule has 2 nitrogen and oxygen atoms in total. The fraction of sp³-hybridized carbons (Fsp3) is 0.667. The van der Waals surface area contributed by atoms with E-state index >= 15 is 0 Å². The molecule has 0 radical (unpaired) electrons. The monoisotopic (exact) mass is 195 g/mol. The number of nitrogens with zero attached hydrogens (tertiary/aromatic N) is 1. The lowest BCUT2D eigenvalue weighted by atomic mass is 9.99. The van der Waals surface area contributed by atoms with E-state index in [1.807, 2.05) is 0 Å². The van der Waals surface area contributed by atoms with Gasteiger partial charge in [-0.15, -0.1) is 0 Å². The predicted molar refractivity (Wildman–Crippen MR) is 59.9 cm³/mol. The number of allylic oxidation sites excluding steroid dienone is 4. The summed E-state index contributed by atoms with van der Waals surface area (Å²) in [7, 11) is 3.83. The van der Waals surface area contributed by atoms with E-state index < -0.39 is 0 Å². The maximum absolute atomic E-state index is 5.45. The van der Waals surface area contributed by atoms with Gasteiger partial charge in [-0.1, -0.05) is 19.1 Å². The Morgan fingerprint density at radius 3 is 2.64 bits per heavy atom. The summed E-state index contributed by atoms with van der Waals surface area (Å²) in [4.78, 5) is 2.20. The van der Waals surface area contributed by atoms with Gasteiger partial charge in [-0.2, -0.15) is 0 Å². The summed E-state index contributed by atoms with van der Waals surface area (Å²) in [6, 6.07) is 0. The molecule has 0 aromatic rings. The Morgan fingerprint density at radius 2 is 2.14 bits per heavy atom. The zero-order valence-electron chi connectivity index (χ0n) is 9.87. The molecule has 0 aliphatic heterocycles. The number of rotatable bonds is 3. The second-order valence-electron chi connectivity index (χ2n) is 4.43. The first-order valence-corrected chi connectivity index (χ1v) is 5.13. The molecule has 1 aliphatic rings. The van der Waals surface area contributed by atoms with Gasteiger partial charge >= 0.3 is 0 Å². The molecule has 1 aliphatic carbocycles. The summed E-state index contributed by atoms with van der Waals surface area (Å²) in [6.07, 6.45) is 7.63. The van der Waals surface area contributed by atoms with Gasteiger partial charge in [-0.05, 0) is 32.3 Å². The number of hydrogen-bond donors (Lipinski definition) is 0. The highest BCUT2D eigenvalue weighted by atomic mass is 16.5. The molecule has 0 spiro atoms. The molecule has 2 heteroatoms. The van der Waals surface area contributed by atoms with Crippen LogP contribution in [0.2, 0.25) is 0 Å². The third-order valence-electron chi connectivity index (χ3n) is 3.00. The maximum atomic E-state index is 5.45. The van der Waals surface area contributed by atoms with Crippen molar-refractivity contribution in [3.8, 4) is 0 Å². The van der Waals surface area contributed by atoms with Crippen molar-refractivity contribution in [3.63, 3.8) is 0 Å². The van der Waals surface area contributed by atoms with Crippen molar-refractivity contribution in [2.45, 2.75) is 32.9 Å². The highest BCUT2D eigenvalue weighted by Gasteiger charge is 2.25. The Labute approximate surface area is 87.2 Å². The maximum Gasteiger partial charge on any atom is 0.134 e. The van der Waals surface area contributed by atoms with Gasteiger partial charge in [0.15, 0.2) is 0 Å². The molecule has 0 saturated carbocycles. The Morgan fingerprint density at radius 1 is 1.50 bits per heavy atom. The van der Waals surface area contributed by atoms with Crippen LogP contribution in [0, 0.1) is 5.92 Å². The zero-order valence-corrected chi connectivity index (χ0v) is 9.87. The Kier molecular flexibility index (Phi) is 3.38. The van der Waals surface area contributed by atoms with E-state index in [0.717, 1.165) is 6.42 Å². The van der Waals surface area contributed by atoms with Crippen LogP contribution in [0.1, 0.15) is 27.2 Å². The molecule has 0 aromatic heterocycles. The van der Waals surface area contributed by atoms with Crippen molar-refractivity contribution >= 4 is 0 Å². The van der Waals surface area contributed by atoms with E-state index in [-0.39, 0.29) is 5.72 Å². The highest BCUT2D eigenvalue weighted by molar-refractivity contribution is 5.19. The van der Waals surface area contributed by atoms with E-state index in [2.05, 4.69) is 50.9 Å². The third kappa shape index (κ3) is 2.38. The van der Waals surface area contributed by atoms with Crippen LogP contribution in [0.3, 0.4) is 0 Å². The van der Waals surface area contributed by atoms with E-state index in [0.29, 0.717) is 5.92 Å². The molecule has 14 heavy (non-hydrogen) atoms. The molecule has 80 valence electrons. The van der Waals surface area contributed by atoms with Gasteiger partial charge in [0.1, 0.15) is 5.72 Å². The Balaban J connectivity index is 2.75. The van der Waals surface area contributed by atoms with Gasteiger partial charge in [0.05, 0.1) is 0 Å². The zero-order chi connectivity index (χ0) is 10.8. The standard InChI is InChI=1S/C12H21NO/c1-10-7-6-8-11(9-10)13(4)12(2,3)14-5/h6-8,10H,9H2,1-5H3. The molecule has 0 fully saturated rings. The van der Waals surface area contributed by atoms with Crippen LogP contribution in [-0.4, -0.2) is 24.8 Å². The lowest BCUT2D eigenvalue weighted by molar-refractivity contribution is -0.0814. The van der Waals surface area contributed by atoms with Crippen LogP contribution in [0.15, 0.2) is 23.9 Å². The quantitative estimate of drug-likeness (QED) is 0.642. The van der Waals surface area contributed by atoms with E-state index in [9.17, 15) is 0 Å². The summed E-state index contributed by atoms with van der Waals surface area (Å²) in [5.41, 5.74) is 1.11. The summed E-state index contributed by atoms with van der Waals surface area (Å²) in [6.45, 7) is 6.39. The van der Waals surface area contributed by atoms with Gasteiger partial charge in [-0.3, -0.25) is 0 Å². The fourth-order valence-electron chi connectivity index (χ4n) is 1.55. The van der Waals surface area contributed by atoms with Crippen LogP contribution in [0.5, 0.6) is 0 Å².